The molecule has 4 N–H and O–H groups in total. The molecule has 0 unspecified atom stereocenters. The Morgan fingerprint density at radius 2 is 1.80 bits per heavy atom. The van der Waals surface area contributed by atoms with Gasteiger partial charge in [-0.05, 0) is 68.9 Å². The fourth-order valence-electron chi connectivity index (χ4n) is 5.87. The van der Waals surface area contributed by atoms with Crippen molar-refractivity contribution in [3.63, 3.8) is 0 Å². The number of likely N-dealkylation sites (N-methyl/N-ethyl adjacent to an activating group) is 1. The molecule has 228 valence electrons. The van der Waals surface area contributed by atoms with E-state index in [1.807, 2.05) is 38.4 Å². The summed E-state index contributed by atoms with van der Waals surface area (Å²) < 4.78 is 14.7. The quantitative estimate of drug-likeness (QED) is 0.161. The average molecular weight is 605 g/mol. The summed E-state index contributed by atoms with van der Waals surface area (Å²) in [6.45, 7) is 1.51. The number of imidazole rings is 1. The Labute approximate surface area is 258 Å². The summed E-state index contributed by atoms with van der Waals surface area (Å²) in [4.78, 5) is 36.4. The number of pyridine rings is 3. The number of carbonyl (C=O) groups is 1. The number of aromatic amines is 2. The van der Waals surface area contributed by atoms with Crippen LogP contribution in [0.15, 0.2) is 61.2 Å². The molecule has 0 atom stereocenters. The van der Waals surface area contributed by atoms with Crippen LogP contribution in [-0.4, -0.2) is 73.1 Å². The summed E-state index contributed by atoms with van der Waals surface area (Å²) in [7, 11) is 3.99. The standard InChI is InChI=1S/C33H33FN10O/c1-44(2)10-9-36-24-12-20(11-23(34)15-24)26-7-8-37-31-28(26)40-32(41-31)29-27-14-22(17-38-30(27)43-42-29)21-13-25(18-35-16-21)39-33(45)19-5-3-4-6-19/h7-8,11-19,36H,3-6,9-10H2,1-2H3,(H,39,45)(H,37,40,41)(H,38,42,43). The maximum Gasteiger partial charge on any atom is 0.227 e. The van der Waals surface area contributed by atoms with Gasteiger partial charge in [-0.2, -0.15) is 5.10 Å². The monoisotopic (exact) mass is 604 g/mol. The molecule has 1 amide bonds. The number of benzene rings is 1. The van der Waals surface area contributed by atoms with Crippen molar-refractivity contribution in [1.82, 2.24) is 40.0 Å². The minimum atomic E-state index is -0.339. The highest BCUT2D eigenvalue weighted by Gasteiger charge is 2.23. The van der Waals surface area contributed by atoms with Crippen LogP contribution in [0.5, 0.6) is 0 Å². The molecule has 1 saturated carbocycles. The fraction of sp³-hybridized carbons (Fsp3) is 0.273. The number of aromatic nitrogens is 7. The van der Waals surface area contributed by atoms with Gasteiger partial charge in [0.1, 0.15) is 17.0 Å². The second-order valence-electron chi connectivity index (χ2n) is 11.7. The highest BCUT2D eigenvalue weighted by molar-refractivity contribution is 5.97. The van der Waals surface area contributed by atoms with Crippen LogP contribution in [0.3, 0.4) is 0 Å². The maximum absolute atomic E-state index is 14.7. The van der Waals surface area contributed by atoms with Gasteiger partial charge in [0.2, 0.25) is 5.91 Å². The van der Waals surface area contributed by atoms with Crippen LogP contribution in [0.2, 0.25) is 0 Å². The van der Waals surface area contributed by atoms with Gasteiger partial charge >= 0.3 is 0 Å². The van der Waals surface area contributed by atoms with Crippen molar-refractivity contribution < 1.29 is 9.18 Å². The molecule has 5 heterocycles. The summed E-state index contributed by atoms with van der Waals surface area (Å²) in [5, 5.41) is 14.6. The molecule has 0 bridgehead atoms. The number of H-pyrrole nitrogens is 2. The number of anilines is 2. The topological polar surface area (TPSA) is 140 Å². The van der Waals surface area contributed by atoms with Gasteiger partial charge in [0, 0.05) is 60.0 Å². The van der Waals surface area contributed by atoms with Crippen molar-refractivity contribution in [3.8, 4) is 33.8 Å². The van der Waals surface area contributed by atoms with E-state index in [4.69, 9.17) is 4.98 Å². The van der Waals surface area contributed by atoms with Gasteiger partial charge in [0.25, 0.3) is 0 Å². The average Bonchev–Trinajstić information content (AvgIpc) is 3.80. The second kappa shape index (κ2) is 12.0. The zero-order chi connectivity index (χ0) is 30.9. The minimum absolute atomic E-state index is 0.0464. The van der Waals surface area contributed by atoms with E-state index >= 15 is 0 Å². The number of amides is 1. The molecular weight excluding hydrogens is 571 g/mol. The van der Waals surface area contributed by atoms with Crippen molar-refractivity contribution in [1.29, 1.82) is 0 Å². The lowest BCUT2D eigenvalue weighted by Gasteiger charge is -2.12. The van der Waals surface area contributed by atoms with Gasteiger partial charge in [0.05, 0.1) is 17.3 Å². The Morgan fingerprint density at radius 3 is 2.64 bits per heavy atom. The summed E-state index contributed by atoms with van der Waals surface area (Å²) in [5.74, 6) is 0.275. The van der Waals surface area contributed by atoms with Crippen molar-refractivity contribution >= 4 is 39.5 Å². The zero-order valence-corrected chi connectivity index (χ0v) is 25.1. The number of nitrogens with one attached hydrogen (secondary N) is 4. The maximum atomic E-state index is 14.7. The molecule has 0 radical (unpaired) electrons. The van der Waals surface area contributed by atoms with Gasteiger partial charge in [-0.15, -0.1) is 0 Å². The Kier molecular flexibility index (Phi) is 7.64. The smallest absolute Gasteiger partial charge is 0.227 e. The Hall–Kier alpha value is -5.23. The van der Waals surface area contributed by atoms with Crippen molar-refractivity contribution in [2.75, 3.05) is 37.8 Å². The number of hydrogen-bond acceptors (Lipinski definition) is 8. The van der Waals surface area contributed by atoms with Gasteiger partial charge in [-0.25, -0.2) is 19.3 Å². The van der Waals surface area contributed by atoms with Crippen LogP contribution in [-0.2, 0) is 4.79 Å². The van der Waals surface area contributed by atoms with E-state index in [1.54, 1.807) is 24.8 Å². The number of halogens is 1. The number of hydrogen-bond donors (Lipinski definition) is 4. The molecular formula is C33H33FN10O. The van der Waals surface area contributed by atoms with Crippen LogP contribution in [0.25, 0.3) is 56.0 Å². The first-order chi connectivity index (χ1) is 21.9. The van der Waals surface area contributed by atoms with Crippen LogP contribution in [0.4, 0.5) is 15.8 Å². The largest absolute Gasteiger partial charge is 0.384 e. The first kappa shape index (κ1) is 28.5. The van der Waals surface area contributed by atoms with Crippen LogP contribution in [0, 0.1) is 11.7 Å². The number of carbonyl (C=O) groups excluding carboxylic acids is 1. The van der Waals surface area contributed by atoms with Crippen LogP contribution in [0.1, 0.15) is 25.7 Å². The van der Waals surface area contributed by atoms with Crippen molar-refractivity contribution in [2.45, 2.75) is 25.7 Å². The molecule has 11 nitrogen and oxygen atoms in total. The highest BCUT2D eigenvalue weighted by Crippen LogP contribution is 2.33. The number of rotatable bonds is 9. The third kappa shape index (κ3) is 5.96. The molecule has 12 heteroatoms. The van der Waals surface area contributed by atoms with E-state index < -0.39 is 0 Å². The van der Waals surface area contributed by atoms with E-state index in [9.17, 15) is 9.18 Å². The molecule has 1 fully saturated rings. The first-order valence-electron chi connectivity index (χ1n) is 15.1. The summed E-state index contributed by atoms with van der Waals surface area (Å²) >= 11 is 0. The number of fused-ring (bicyclic) bond motifs is 2. The Balaban J connectivity index is 1.20. The highest BCUT2D eigenvalue weighted by atomic mass is 19.1. The van der Waals surface area contributed by atoms with E-state index in [0.717, 1.165) is 54.3 Å². The summed E-state index contributed by atoms with van der Waals surface area (Å²) in [5.41, 5.74) is 6.76. The summed E-state index contributed by atoms with van der Waals surface area (Å²) in [6, 6.07) is 10.6. The molecule has 7 rings (SSSR count). The summed E-state index contributed by atoms with van der Waals surface area (Å²) in [6.07, 6.45) is 10.9. The molecule has 5 aromatic heterocycles. The predicted molar refractivity (Wildman–Crippen MR) is 173 cm³/mol. The van der Waals surface area contributed by atoms with E-state index in [0.29, 0.717) is 51.8 Å². The Morgan fingerprint density at radius 1 is 0.978 bits per heavy atom. The lowest BCUT2D eigenvalue weighted by Crippen LogP contribution is -2.20. The predicted octanol–water partition coefficient (Wildman–Crippen LogP) is 5.87. The van der Waals surface area contributed by atoms with E-state index in [1.165, 1.54) is 12.1 Å². The molecule has 1 aromatic carbocycles. The molecule has 45 heavy (non-hydrogen) atoms. The molecule has 6 aromatic rings. The van der Waals surface area contributed by atoms with Crippen molar-refractivity contribution in [3.05, 3.63) is 67.0 Å². The lowest BCUT2D eigenvalue weighted by molar-refractivity contribution is -0.119. The SMILES string of the molecule is CN(C)CCNc1cc(F)cc(-c2ccnc3[nH]c(-c4n[nH]c5ncc(-c6cncc(NC(=O)C7CCCC7)c6)cc45)nc23)c1. The van der Waals surface area contributed by atoms with Gasteiger partial charge in [0.15, 0.2) is 17.1 Å². The number of nitrogens with zero attached hydrogens (tertiary/aromatic N) is 6. The zero-order valence-electron chi connectivity index (χ0n) is 25.1. The van der Waals surface area contributed by atoms with Gasteiger partial charge in [-0.1, -0.05) is 12.8 Å². The third-order valence-electron chi connectivity index (χ3n) is 8.19. The molecule has 1 aliphatic carbocycles. The first-order valence-corrected chi connectivity index (χ1v) is 15.1. The normalized spacial score (nSPS) is 13.7. The van der Waals surface area contributed by atoms with E-state index in [-0.39, 0.29) is 17.6 Å². The minimum Gasteiger partial charge on any atom is -0.384 e. The van der Waals surface area contributed by atoms with Crippen molar-refractivity contribution in [2.24, 2.45) is 5.92 Å². The lowest BCUT2D eigenvalue weighted by atomic mass is 10.0. The molecule has 1 aliphatic rings. The molecule has 0 spiro atoms. The molecule has 0 aliphatic heterocycles. The fourth-order valence-corrected chi connectivity index (χ4v) is 5.87. The molecule has 0 saturated heterocycles. The van der Waals surface area contributed by atoms with Gasteiger partial charge in [-0.3, -0.25) is 14.9 Å². The van der Waals surface area contributed by atoms with Crippen LogP contribution >= 0.6 is 0 Å². The second-order valence-corrected chi connectivity index (χ2v) is 11.7. The van der Waals surface area contributed by atoms with Crippen LogP contribution < -0.4 is 10.6 Å². The van der Waals surface area contributed by atoms with E-state index in [2.05, 4.69) is 45.7 Å². The van der Waals surface area contributed by atoms with Gasteiger partial charge < -0.3 is 20.5 Å². The Bertz CT molecular complexity index is 2010. The third-order valence-corrected chi connectivity index (χ3v) is 8.19.